The predicted molar refractivity (Wildman–Crippen MR) is 105 cm³/mol. The van der Waals surface area contributed by atoms with Crippen LogP contribution in [0.4, 0.5) is 0 Å². The maximum atomic E-state index is 3.44. The number of benzene rings is 3. The average Bonchev–Trinajstić information content (AvgIpc) is 3.01. The first-order chi connectivity index (χ1) is 11.6. The van der Waals surface area contributed by atoms with Crippen LogP contribution in [0.1, 0.15) is 61.8 Å². The fraction of sp³-hybridized carbons (Fsp3) is 0.292. The molecule has 0 heterocycles. The summed E-state index contributed by atoms with van der Waals surface area (Å²) in [5.74, 6) is 1.17. The van der Waals surface area contributed by atoms with Gasteiger partial charge in [-0.2, -0.15) is 53.4 Å². The molecule has 4 rings (SSSR count). The third-order valence-corrected chi connectivity index (χ3v) is 4.65. The van der Waals surface area contributed by atoms with Gasteiger partial charge in [-0.1, -0.05) is 63.8 Å². The molecule has 1 heteroatoms. The summed E-state index contributed by atoms with van der Waals surface area (Å²) in [6, 6.07) is 22.9. The average molecular weight is 373 g/mol. The van der Waals surface area contributed by atoms with Crippen LogP contribution in [0.2, 0.25) is 0 Å². The third-order valence-electron chi connectivity index (χ3n) is 4.65. The normalized spacial score (nSPS) is 11.8. The van der Waals surface area contributed by atoms with Crippen LogP contribution < -0.4 is 0 Å². The molecular formula is C24H26Ni. The first-order valence-corrected chi connectivity index (χ1v) is 8.92. The second-order valence-electron chi connectivity index (χ2n) is 7.14. The molecule has 3 aromatic rings. The van der Waals surface area contributed by atoms with Crippen LogP contribution in [-0.2, 0) is 22.9 Å². The van der Waals surface area contributed by atoms with Gasteiger partial charge in [0.1, 0.15) is 0 Å². The molecule has 0 atom stereocenters. The van der Waals surface area contributed by atoms with E-state index in [0.717, 1.165) is 6.42 Å². The minimum atomic E-state index is 0. The monoisotopic (exact) mass is 372 g/mol. The van der Waals surface area contributed by atoms with Gasteiger partial charge in [0.2, 0.25) is 0 Å². The van der Waals surface area contributed by atoms with Gasteiger partial charge in [0.25, 0.3) is 0 Å². The molecule has 0 spiro atoms. The van der Waals surface area contributed by atoms with E-state index in [0.29, 0.717) is 11.8 Å². The van der Waals surface area contributed by atoms with Crippen LogP contribution in [0.15, 0.2) is 54.6 Å². The second kappa shape index (κ2) is 8.59. The summed E-state index contributed by atoms with van der Waals surface area (Å²) in [6.45, 7) is 8.82. The number of hydrogen-bond acceptors (Lipinski definition) is 0. The molecule has 1 aliphatic carbocycles. The van der Waals surface area contributed by atoms with E-state index in [1.165, 1.54) is 33.0 Å². The topological polar surface area (TPSA) is 0 Å². The Morgan fingerprint density at radius 1 is 0.800 bits per heavy atom. The predicted octanol–water partition coefficient (Wildman–Crippen LogP) is 6.68. The van der Waals surface area contributed by atoms with Crippen molar-refractivity contribution in [3.05, 3.63) is 89.3 Å². The standard InChI is InChI=1S/C12H9.C12H17.Ni/c1-3-9-4-2-6-11-8-7-10(5-1)12(9)11;1-9(2)11-6-5-7-12(8-11)10(3)4;/h1-7H,8H2;5-7,9-10H,1-4H3;/q2*-1;+2. The fourth-order valence-corrected chi connectivity index (χ4v) is 3.19. The zero-order chi connectivity index (χ0) is 17.1. The zero-order valence-electron chi connectivity index (χ0n) is 15.5. The van der Waals surface area contributed by atoms with Crippen molar-refractivity contribution in [2.45, 2.75) is 46.0 Å². The Morgan fingerprint density at radius 3 is 1.96 bits per heavy atom. The molecule has 3 aromatic carbocycles. The van der Waals surface area contributed by atoms with E-state index in [-0.39, 0.29) is 16.5 Å². The summed E-state index contributed by atoms with van der Waals surface area (Å²) in [6.07, 6.45) is 3.41. The molecule has 0 aliphatic heterocycles. The van der Waals surface area contributed by atoms with Crippen molar-refractivity contribution in [1.29, 1.82) is 0 Å². The summed E-state index contributed by atoms with van der Waals surface area (Å²) in [7, 11) is 0. The van der Waals surface area contributed by atoms with E-state index >= 15 is 0 Å². The van der Waals surface area contributed by atoms with Gasteiger partial charge >= 0.3 is 16.5 Å². The van der Waals surface area contributed by atoms with Crippen molar-refractivity contribution < 1.29 is 16.5 Å². The molecule has 0 fully saturated rings. The van der Waals surface area contributed by atoms with E-state index in [1.54, 1.807) is 0 Å². The Bertz CT molecular complexity index is 768. The van der Waals surface area contributed by atoms with Crippen LogP contribution in [0.5, 0.6) is 0 Å². The SMILES string of the molecule is CC(C)c1[c-]c(C(C)C)ccc1.[Ni+2].c1cc2c3c(cccc3c1)C[CH-]2. The van der Waals surface area contributed by atoms with Gasteiger partial charge in [0.05, 0.1) is 0 Å². The molecule has 0 nitrogen and oxygen atoms in total. The van der Waals surface area contributed by atoms with Gasteiger partial charge in [-0.25, -0.2) is 0 Å². The molecule has 0 saturated carbocycles. The van der Waals surface area contributed by atoms with Crippen LogP contribution in [0.3, 0.4) is 0 Å². The van der Waals surface area contributed by atoms with Gasteiger partial charge in [-0.05, 0) is 11.8 Å². The smallest absolute Gasteiger partial charge is 0.184 e. The maximum absolute atomic E-state index is 3.44. The van der Waals surface area contributed by atoms with Gasteiger partial charge < -0.3 is 0 Å². The molecule has 25 heavy (non-hydrogen) atoms. The molecule has 1 aliphatic rings. The van der Waals surface area contributed by atoms with Crippen LogP contribution in [-0.4, -0.2) is 0 Å². The van der Waals surface area contributed by atoms with Crippen LogP contribution >= 0.6 is 0 Å². The first kappa shape index (κ1) is 19.6. The van der Waals surface area contributed by atoms with Crippen molar-refractivity contribution in [2.75, 3.05) is 0 Å². The van der Waals surface area contributed by atoms with Crippen molar-refractivity contribution in [3.8, 4) is 0 Å². The Labute approximate surface area is 162 Å². The van der Waals surface area contributed by atoms with Gasteiger partial charge in [0, 0.05) is 0 Å². The van der Waals surface area contributed by atoms with E-state index in [2.05, 4.69) is 94.8 Å². The first-order valence-electron chi connectivity index (χ1n) is 8.92. The maximum Gasteiger partial charge on any atom is 2.00 e. The molecule has 0 amide bonds. The zero-order valence-corrected chi connectivity index (χ0v) is 16.4. The molecular weight excluding hydrogens is 347 g/mol. The van der Waals surface area contributed by atoms with Gasteiger partial charge in [-0.3, -0.25) is 0 Å². The minimum absolute atomic E-state index is 0. The van der Waals surface area contributed by atoms with Crippen molar-refractivity contribution in [2.24, 2.45) is 0 Å². The Balaban J connectivity index is 0.000000173. The second-order valence-corrected chi connectivity index (χ2v) is 7.14. The minimum Gasteiger partial charge on any atom is -0.184 e. The van der Waals surface area contributed by atoms with E-state index in [9.17, 15) is 0 Å². The van der Waals surface area contributed by atoms with Crippen molar-refractivity contribution in [3.63, 3.8) is 0 Å². The van der Waals surface area contributed by atoms with Crippen LogP contribution in [0, 0.1) is 12.5 Å². The molecule has 0 saturated heterocycles. The molecule has 0 aromatic heterocycles. The van der Waals surface area contributed by atoms with E-state index in [4.69, 9.17) is 0 Å². The molecule has 0 radical (unpaired) electrons. The summed E-state index contributed by atoms with van der Waals surface area (Å²) >= 11 is 0. The number of hydrogen-bond donors (Lipinski definition) is 0. The third kappa shape index (κ3) is 4.47. The molecule has 132 valence electrons. The van der Waals surface area contributed by atoms with E-state index < -0.39 is 0 Å². The summed E-state index contributed by atoms with van der Waals surface area (Å²) in [4.78, 5) is 0. The van der Waals surface area contributed by atoms with Crippen molar-refractivity contribution >= 4 is 10.8 Å². The quantitative estimate of drug-likeness (QED) is 0.347. The van der Waals surface area contributed by atoms with Crippen LogP contribution in [0.25, 0.3) is 10.8 Å². The fourth-order valence-electron chi connectivity index (χ4n) is 3.19. The van der Waals surface area contributed by atoms with E-state index in [1.807, 2.05) is 0 Å². The van der Waals surface area contributed by atoms with Gasteiger partial charge in [0.15, 0.2) is 0 Å². The Hall–Kier alpha value is -1.72. The molecule has 0 N–H and O–H groups in total. The summed E-state index contributed by atoms with van der Waals surface area (Å²) in [5.41, 5.74) is 5.52. The summed E-state index contributed by atoms with van der Waals surface area (Å²) < 4.78 is 0. The Morgan fingerprint density at radius 2 is 1.36 bits per heavy atom. The van der Waals surface area contributed by atoms with Crippen molar-refractivity contribution in [1.82, 2.24) is 0 Å². The molecule has 0 unspecified atom stereocenters. The largest absolute Gasteiger partial charge is 2.00 e. The Kier molecular flexibility index (Phi) is 6.74. The summed E-state index contributed by atoms with van der Waals surface area (Å²) in [5, 5.41) is 2.83. The molecule has 0 bridgehead atoms. The number of rotatable bonds is 2. The van der Waals surface area contributed by atoms with Gasteiger partial charge in [-0.15, -0.1) is 17.0 Å².